The first kappa shape index (κ1) is 20.2. The molecule has 160 valence electrons. The molecule has 0 N–H and O–H groups in total. The number of hydrogen-bond donors (Lipinski definition) is 0. The van der Waals surface area contributed by atoms with Crippen molar-refractivity contribution < 1.29 is 0 Å². The van der Waals surface area contributed by atoms with Gasteiger partial charge in [0.1, 0.15) is 0 Å². The van der Waals surface area contributed by atoms with Crippen molar-refractivity contribution >= 4 is 38.4 Å². The number of fused-ring (bicyclic) bond motifs is 3. The topological polar surface area (TPSA) is 0 Å². The molecule has 0 aliphatic carbocycles. The van der Waals surface area contributed by atoms with Crippen LogP contribution in [0.3, 0.4) is 0 Å². The molecule has 0 saturated heterocycles. The predicted octanol–water partition coefficient (Wildman–Crippen LogP) is 9.68. The van der Waals surface area contributed by atoms with Crippen molar-refractivity contribution in [3.8, 4) is 22.3 Å². The van der Waals surface area contributed by atoms with Crippen LogP contribution in [0.2, 0.25) is 0 Å². The van der Waals surface area contributed by atoms with Gasteiger partial charge in [-0.25, -0.2) is 0 Å². The summed E-state index contributed by atoms with van der Waals surface area (Å²) in [5, 5.41) is 7.64. The van der Waals surface area contributed by atoms with Crippen LogP contribution in [0.5, 0.6) is 0 Å². The molecular weight excluding hydrogens is 408 g/mol. The Morgan fingerprint density at radius 1 is 0.471 bits per heavy atom. The molecule has 0 heterocycles. The van der Waals surface area contributed by atoms with Crippen LogP contribution in [0, 0.1) is 0 Å². The molecule has 0 atom stereocenters. The molecular formula is C34H24. The molecule has 34 heavy (non-hydrogen) atoms. The third kappa shape index (κ3) is 3.41. The first-order valence-corrected chi connectivity index (χ1v) is 11.7. The van der Waals surface area contributed by atoms with Crippen molar-refractivity contribution in [3.63, 3.8) is 0 Å². The van der Waals surface area contributed by atoms with Crippen LogP contribution in [0.4, 0.5) is 0 Å². The van der Waals surface area contributed by atoms with Crippen molar-refractivity contribution in [1.29, 1.82) is 0 Å². The second-order valence-corrected chi connectivity index (χ2v) is 8.62. The summed E-state index contributed by atoms with van der Waals surface area (Å²) in [6.07, 6.45) is 5.86. The van der Waals surface area contributed by atoms with E-state index in [2.05, 4.69) is 128 Å². The van der Waals surface area contributed by atoms with E-state index < -0.39 is 0 Å². The Kier molecular flexibility index (Phi) is 5.05. The molecule has 6 aromatic carbocycles. The minimum atomic E-state index is 1.17. The summed E-state index contributed by atoms with van der Waals surface area (Å²) in [5.41, 5.74) is 6.24. The zero-order valence-electron chi connectivity index (χ0n) is 18.9. The molecule has 6 aromatic rings. The predicted molar refractivity (Wildman–Crippen MR) is 149 cm³/mol. The number of allylic oxidation sites excluding steroid dienone is 2. The highest BCUT2D eigenvalue weighted by Gasteiger charge is 2.16. The van der Waals surface area contributed by atoms with Crippen LogP contribution in [-0.2, 0) is 0 Å². The molecule has 0 radical (unpaired) electrons. The van der Waals surface area contributed by atoms with Gasteiger partial charge in [0, 0.05) is 0 Å². The number of hydrogen-bond acceptors (Lipinski definition) is 0. The van der Waals surface area contributed by atoms with Crippen LogP contribution in [-0.4, -0.2) is 0 Å². The lowest BCUT2D eigenvalue weighted by Gasteiger charge is -2.18. The first-order chi connectivity index (χ1) is 16.8. The van der Waals surface area contributed by atoms with E-state index in [0.29, 0.717) is 0 Å². The summed E-state index contributed by atoms with van der Waals surface area (Å²) >= 11 is 0. The van der Waals surface area contributed by atoms with Crippen LogP contribution in [0.25, 0.3) is 60.6 Å². The summed E-state index contributed by atoms with van der Waals surface area (Å²) in [6, 6.07) is 41.8. The first-order valence-electron chi connectivity index (χ1n) is 11.7. The van der Waals surface area contributed by atoms with E-state index in [1.165, 1.54) is 60.1 Å². The lowest BCUT2D eigenvalue weighted by atomic mass is 9.85. The zero-order chi connectivity index (χ0) is 22.9. The van der Waals surface area contributed by atoms with E-state index >= 15 is 0 Å². The highest BCUT2D eigenvalue weighted by Crippen LogP contribution is 2.43. The highest BCUT2D eigenvalue weighted by atomic mass is 14.2. The molecule has 0 amide bonds. The average molecular weight is 433 g/mol. The van der Waals surface area contributed by atoms with E-state index in [1.54, 1.807) is 6.08 Å². The summed E-state index contributed by atoms with van der Waals surface area (Å²) in [4.78, 5) is 0. The normalized spacial score (nSPS) is 11.5. The number of rotatable bonds is 4. The summed E-state index contributed by atoms with van der Waals surface area (Å²) < 4.78 is 0. The van der Waals surface area contributed by atoms with Crippen molar-refractivity contribution in [1.82, 2.24) is 0 Å². The van der Waals surface area contributed by atoms with Gasteiger partial charge in [-0.15, -0.1) is 0 Å². The lowest BCUT2D eigenvalue weighted by Crippen LogP contribution is -1.91. The van der Waals surface area contributed by atoms with E-state index in [1.807, 2.05) is 6.08 Å². The average Bonchev–Trinajstić information content (AvgIpc) is 2.90. The molecule has 0 aromatic heterocycles. The van der Waals surface area contributed by atoms with Gasteiger partial charge >= 0.3 is 0 Å². The van der Waals surface area contributed by atoms with E-state index in [-0.39, 0.29) is 0 Å². The largest absolute Gasteiger partial charge is 0.0991 e. The fourth-order valence-corrected chi connectivity index (χ4v) is 5.04. The van der Waals surface area contributed by atoms with E-state index in [9.17, 15) is 0 Å². The maximum absolute atomic E-state index is 3.77. The second-order valence-electron chi connectivity index (χ2n) is 8.62. The Morgan fingerprint density at radius 3 is 1.56 bits per heavy atom. The fraction of sp³-hybridized carbons (Fsp3) is 0. The Bertz CT molecular complexity index is 1640. The zero-order valence-corrected chi connectivity index (χ0v) is 18.9. The molecule has 0 saturated carbocycles. The Labute approximate surface area is 200 Å². The van der Waals surface area contributed by atoms with Gasteiger partial charge in [0.25, 0.3) is 0 Å². The van der Waals surface area contributed by atoms with E-state index in [4.69, 9.17) is 0 Å². The highest BCUT2D eigenvalue weighted by molar-refractivity contribution is 6.21. The molecule has 0 fully saturated rings. The third-order valence-electron chi connectivity index (χ3n) is 6.59. The van der Waals surface area contributed by atoms with Crippen LogP contribution in [0.1, 0.15) is 5.56 Å². The SMILES string of the molecule is C=C/C=C\c1ccc(-c2c3ccccc3c(-c3ccc4ccccc4c3)c3ccccc23)cc1. The minimum absolute atomic E-state index is 1.17. The summed E-state index contributed by atoms with van der Waals surface area (Å²) in [5.74, 6) is 0. The van der Waals surface area contributed by atoms with Crippen molar-refractivity contribution in [2.45, 2.75) is 0 Å². The van der Waals surface area contributed by atoms with Crippen LogP contribution >= 0.6 is 0 Å². The van der Waals surface area contributed by atoms with Gasteiger partial charge in [0.05, 0.1) is 0 Å². The smallest absolute Gasteiger partial charge is 0.00262 e. The van der Waals surface area contributed by atoms with Gasteiger partial charge in [-0.3, -0.25) is 0 Å². The van der Waals surface area contributed by atoms with Crippen molar-refractivity contribution in [2.24, 2.45) is 0 Å². The van der Waals surface area contributed by atoms with Crippen molar-refractivity contribution in [2.75, 3.05) is 0 Å². The van der Waals surface area contributed by atoms with Crippen molar-refractivity contribution in [3.05, 3.63) is 140 Å². The molecule has 6 rings (SSSR count). The van der Waals surface area contributed by atoms with E-state index in [0.717, 1.165) is 0 Å². The Balaban J connectivity index is 1.67. The second kappa shape index (κ2) is 8.50. The Hall–Kier alpha value is -4.42. The maximum Gasteiger partial charge on any atom is -0.00262 e. The molecule has 0 spiro atoms. The van der Waals surface area contributed by atoms with Gasteiger partial charge in [-0.1, -0.05) is 134 Å². The summed E-state index contributed by atoms with van der Waals surface area (Å²) in [6.45, 7) is 3.77. The van der Waals surface area contributed by atoms with Crippen LogP contribution in [0.15, 0.2) is 134 Å². The van der Waals surface area contributed by atoms with Gasteiger partial charge < -0.3 is 0 Å². The molecule has 0 unspecified atom stereocenters. The van der Waals surface area contributed by atoms with Gasteiger partial charge in [-0.2, -0.15) is 0 Å². The molecule has 0 bridgehead atoms. The molecule has 0 heteroatoms. The van der Waals surface area contributed by atoms with Crippen LogP contribution < -0.4 is 0 Å². The third-order valence-corrected chi connectivity index (χ3v) is 6.59. The quantitative estimate of drug-likeness (QED) is 0.192. The van der Waals surface area contributed by atoms with Gasteiger partial charge in [0.15, 0.2) is 0 Å². The Morgan fingerprint density at radius 2 is 0.971 bits per heavy atom. The van der Waals surface area contributed by atoms with Gasteiger partial charge in [-0.05, 0) is 66.2 Å². The lowest BCUT2D eigenvalue weighted by molar-refractivity contribution is 1.63. The fourth-order valence-electron chi connectivity index (χ4n) is 5.04. The maximum atomic E-state index is 3.77. The standard InChI is InChI=1S/C34H24/c1-2-3-10-24-17-19-26(20-18-24)33-29-13-6-8-15-31(29)34(32-16-9-7-14-30(32)33)28-22-21-25-11-4-5-12-27(25)23-28/h2-23H,1H2/b10-3-. The molecule has 0 aliphatic heterocycles. The summed E-state index contributed by atoms with van der Waals surface area (Å²) in [7, 11) is 0. The molecule has 0 aliphatic rings. The minimum Gasteiger partial charge on any atom is -0.0991 e. The monoisotopic (exact) mass is 432 g/mol. The molecule has 0 nitrogen and oxygen atoms in total. The van der Waals surface area contributed by atoms with Gasteiger partial charge in [0.2, 0.25) is 0 Å². The number of benzene rings is 6.